The van der Waals surface area contributed by atoms with E-state index in [1.54, 1.807) is 25.1 Å². The molecule has 0 amide bonds. The number of nitro groups is 1. The average molecular weight is 311 g/mol. The summed E-state index contributed by atoms with van der Waals surface area (Å²) in [5.74, 6) is -0.542. The minimum absolute atomic E-state index is 0.0879. The number of ether oxygens (including phenoxy) is 1. The first kappa shape index (κ1) is 15.2. The zero-order chi connectivity index (χ0) is 16.4. The molecule has 2 aromatic rings. The number of benzene rings is 2. The summed E-state index contributed by atoms with van der Waals surface area (Å²) in [4.78, 5) is 23.4. The Kier molecular flexibility index (Phi) is 4.10. The molecule has 1 aliphatic heterocycles. The fraction of sp³-hybridized carbons (Fsp3) is 0.278. The van der Waals surface area contributed by atoms with Gasteiger partial charge in [0, 0.05) is 10.8 Å². The number of ketones is 1. The van der Waals surface area contributed by atoms with E-state index in [1.165, 1.54) is 0 Å². The molecule has 3 rings (SSSR count). The lowest BCUT2D eigenvalue weighted by atomic mass is 9.78. The molecule has 0 aromatic heterocycles. The number of rotatable bonds is 4. The maximum Gasteiger partial charge on any atom is 0.207 e. The van der Waals surface area contributed by atoms with Crippen LogP contribution in [0.25, 0.3) is 0 Å². The van der Waals surface area contributed by atoms with Crippen molar-refractivity contribution < 1.29 is 14.5 Å². The van der Waals surface area contributed by atoms with Crippen LogP contribution in [0.1, 0.15) is 28.9 Å². The third-order valence-electron chi connectivity index (χ3n) is 4.21. The molecule has 3 atom stereocenters. The van der Waals surface area contributed by atoms with Gasteiger partial charge in [-0.2, -0.15) is 0 Å². The van der Waals surface area contributed by atoms with Crippen LogP contribution < -0.4 is 4.74 Å². The quantitative estimate of drug-likeness (QED) is 0.640. The third kappa shape index (κ3) is 2.95. The van der Waals surface area contributed by atoms with Crippen molar-refractivity contribution in [3.63, 3.8) is 0 Å². The first-order chi connectivity index (χ1) is 11.1. The van der Waals surface area contributed by atoms with Crippen LogP contribution in [0, 0.1) is 22.0 Å². The highest BCUT2D eigenvalue weighted by molar-refractivity contribution is 6.01. The van der Waals surface area contributed by atoms with E-state index in [9.17, 15) is 14.9 Å². The van der Waals surface area contributed by atoms with Gasteiger partial charge in [-0.1, -0.05) is 49.4 Å². The zero-order valence-electron chi connectivity index (χ0n) is 12.7. The van der Waals surface area contributed by atoms with Gasteiger partial charge in [-0.25, -0.2) is 0 Å². The number of fused-ring (bicyclic) bond motifs is 1. The number of para-hydroxylation sites is 1. The molecule has 0 fully saturated rings. The summed E-state index contributed by atoms with van der Waals surface area (Å²) in [5.41, 5.74) is 1.36. The number of carbonyl (C=O) groups excluding carboxylic acids is 1. The fourth-order valence-corrected chi connectivity index (χ4v) is 3.12. The Bertz CT molecular complexity index is 729. The molecule has 2 aromatic carbocycles. The van der Waals surface area contributed by atoms with E-state index in [2.05, 4.69) is 0 Å². The Labute approximate surface area is 134 Å². The standard InChI is InChI=1S/C18H17NO4/c1-12(11-19(21)22)16-17(20)14-9-5-6-10-15(14)23-18(16)13-7-3-2-4-8-13/h2-10,12,16,18H,11H2,1H3. The van der Waals surface area contributed by atoms with Gasteiger partial charge >= 0.3 is 0 Å². The molecule has 118 valence electrons. The number of Topliss-reactive ketones (excluding diaryl/α,β-unsaturated/α-hetero) is 1. The summed E-state index contributed by atoms with van der Waals surface area (Å²) < 4.78 is 6.06. The lowest BCUT2D eigenvalue weighted by Crippen LogP contribution is -2.38. The second kappa shape index (κ2) is 6.20. The van der Waals surface area contributed by atoms with Crippen molar-refractivity contribution in [3.05, 3.63) is 75.8 Å². The van der Waals surface area contributed by atoms with Crippen LogP contribution in [-0.4, -0.2) is 17.3 Å². The highest BCUT2D eigenvalue weighted by atomic mass is 16.6. The molecule has 5 nitrogen and oxygen atoms in total. The normalized spacial score (nSPS) is 21.2. The predicted octanol–water partition coefficient (Wildman–Crippen LogP) is 3.53. The Morgan fingerprint density at radius 2 is 1.78 bits per heavy atom. The molecule has 1 aliphatic rings. The smallest absolute Gasteiger partial charge is 0.207 e. The Morgan fingerprint density at radius 3 is 2.48 bits per heavy atom. The van der Waals surface area contributed by atoms with Crippen molar-refractivity contribution in [2.24, 2.45) is 11.8 Å². The second-order valence-electron chi connectivity index (χ2n) is 5.83. The van der Waals surface area contributed by atoms with Gasteiger partial charge in [0.25, 0.3) is 0 Å². The van der Waals surface area contributed by atoms with E-state index < -0.39 is 17.9 Å². The van der Waals surface area contributed by atoms with Gasteiger partial charge in [0.1, 0.15) is 11.9 Å². The molecular weight excluding hydrogens is 294 g/mol. The van der Waals surface area contributed by atoms with Crippen molar-refractivity contribution in [1.29, 1.82) is 0 Å². The van der Waals surface area contributed by atoms with Gasteiger partial charge < -0.3 is 4.74 Å². The van der Waals surface area contributed by atoms with Crippen molar-refractivity contribution in [3.8, 4) is 5.75 Å². The van der Waals surface area contributed by atoms with E-state index in [0.717, 1.165) is 5.56 Å². The van der Waals surface area contributed by atoms with Crippen molar-refractivity contribution in [1.82, 2.24) is 0 Å². The van der Waals surface area contributed by atoms with Crippen LogP contribution in [0.3, 0.4) is 0 Å². The lowest BCUT2D eigenvalue weighted by molar-refractivity contribution is -0.489. The molecule has 0 saturated heterocycles. The van der Waals surface area contributed by atoms with Crippen LogP contribution in [-0.2, 0) is 0 Å². The summed E-state index contributed by atoms with van der Waals surface area (Å²) in [5, 5.41) is 10.9. The van der Waals surface area contributed by atoms with Gasteiger partial charge in [-0.15, -0.1) is 0 Å². The highest BCUT2D eigenvalue weighted by Crippen LogP contribution is 2.41. The van der Waals surface area contributed by atoms with Crippen LogP contribution in [0.2, 0.25) is 0 Å². The Hall–Kier alpha value is -2.69. The lowest BCUT2D eigenvalue weighted by Gasteiger charge is -2.35. The minimum Gasteiger partial charge on any atom is -0.484 e. The molecule has 0 saturated carbocycles. The molecule has 0 bridgehead atoms. The molecule has 23 heavy (non-hydrogen) atoms. The summed E-state index contributed by atoms with van der Waals surface area (Å²) >= 11 is 0. The third-order valence-corrected chi connectivity index (χ3v) is 4.21. The zero-order valence-corrected chi connectivity index (χ0v) is 12.7. The molecule has 1 heterocycles. The maximum absolute atomic E-state index is 12.9. The van der Waals surface area contributed by atoms with E-state index in [-0.39, 0.29) is 17.3 Å². The predicted molar refractivity (Wildman–Crippen MR) is 85.1 cm³/mol. The molecule has 5 heteroatoms. The Balaban J connectivity index is 2.04. The van der Waals surface area contributed by atoms with Gasteiger partial charge in [-0.05, 0) is 17.7 Å². The summed E-state index contributed by atoms with van der Waals surface area (Å²) in [6.45, 7) is 1.48. The van der Waals surface area contributed by atoms with Crippen molar-refractivity contribution >= 4 is 5.78 Å². The molecule has 0 spiro atoms. The van der Waals surface area contributed by atoms with E-state index in [1.807, 2.05) is 36.4 Å². The largest absolute Gasteiger partial charge is 0.484 e. The summed E-state index contributed by atoms with van der Waals surface area (Å²) in [6.07, 6.45) is -0.506. The second-order valence-corrected chi connectivity index (χ2v) is 5.83. The van der Waals surface area contributed by atoms with Gasteiger partial charge in [0.2, 0.25) is 6.54 Å². The first-order valence-electron chi connectivity index (χ1n) is 7.54. The van der Waals surface area contributed by atoms with E-state index in [4.69, 9.17) is 4.74 Å². The summed E-state index contributed by atoms with van der Waals surface area (Å²) in [6, 6.07) is 16.5. The molecule has 0 aliphatic carbocycles. The van der Waals surface area contributed by atoms with Crippen LogP contribution in [0.4, 0.5) is 0 Å². The molecular formula is C18H17NO4. The van der Waals surface area contributed by atoms with Crippen molar-refractivity contribution in [2.45, 2.75) is 13.0 Å². The number of nitrogens with zero attached hydrogens (tertiary/aromatic N) is 1. The van der Waals surface area contributed by atoms with Crippen LogP contribution in [0.15, 0.2) is 54.6 Å². The topological polar surface area (TPSA) is 69.4 Å². The SMILES string of the molecule is CC(C[N+](=O)[O-])C1C(=O)c2ccccc2OC1c1ccccc1. The van der Waals surface area contributed by atoms with E-state index in [0.29, 0.717) is 11.3 Å². The van der Waals surface area contributed by atoms with E-state index >= 15 is 0 Å². The van der Waals surface area contributed by atoms with Crippen molar-refractivity contribution in [2.75, 3.05) is 6.54 Å². The number of hydrogen-bond donors (Lipinski definition) is 0. The van der Waals surface area contributed by atoms with Crippen LogP contribution in [0.5, 0.6) is 5.75 Å². The fourth-order valence-electron chi connectivity index (χ4n) is 3.12. The molecule has 0 radical (unpaired) electrons. The molecule has 3 unspecified atom stereocenters. The molecule has 0 N–H and O–H groups in total. The van der Waals surface area contributed by atoms with Crippen LogP contribution >= 0.6 is 0 Å². The van der Waals surface area contributed by atoms with Gasteiger partial charge in [0.05, 0.1) is 11.5 Å². The summed E-state index contributed by atoms with van der Waals surface area (Å²) in [7, 11) is 0. The monoisotopic (exact) mass is 311 g/mol. The number of hydrogen-bond acceptors (Lipinski definition) is 4. The number of carbonyl (C=O) groups is 1. The highest BCUT2D eigenvalue weighted by Gasteiger charge is 2.42. The average Bonchev–Trinajstić information content (AvgIpc) is 2.55. The minimum atomic E-state index is -0.572. The van der Waals surface area contributed by atoms with Gasteiger partial charge in [-0.3, -0.25) is 14.9 Å². The van der Waals surface area contributed by atoms with Gasteiger partial charge in [0.15, 0.2) is 5.78 Å². The maximum atomic E-state index is 12.9. The first-order valence-corrected chi connectivity index (χ1v) is 7.54. The Morgan fingerprint density at radius 1 is 1.13 bits per heavy atom.